The number of furan rings is 1. The fourth-order valence-electron chi connectivity index (χ4n) is 2.30. The molecule has 1 N–H and O–H groups in total. The molecule has 0 radical (unpaired) electrons. The van der Waals surface area contributed by atoms with E-state index in [1.807, 2.05) is 23.7 Å². The van der Waals surface area contributed by atoms with Crippen LogP contribution in [0.1, 0.15) is 17.1 Å². The molecule has 1 unspecified atom stereocenters. The smallest absolute Gasteiger partial charge is 0.117 e. The van der Waals surface area contributed by atoms with Gasteiger partial charge in [0.2, 0.25) is 0 Å². The second-order valence-corrected chi connectivity index (χ2v) is 4.90. The van der Waals surface area contributed by atoms with Crippen molar-refractivity contribution in [3.05, 3.63) is 35.5 Å². The van der Waals surface area contributed by atoms with Gasteiger partial charge in [-0.2, -0.15) is 0 Å². The summed E-state index contributed by atoms with van der Waals surface area (Å²) in [5.74, 6) is 1.35. The summed E-state index contributed by atoms with van der Waals surface area (Å²) in [4.78, 5) is 0. The average molecular weight is 262 g/mol. The minimum atomic E-state index is 0.400. The van der Waals surface area contributed by atoms with Crippen molar-refractivity contribution in [2.45, 2.75) is 26.6 Å². The zero-order valence-electron chi connectivity index (χ0n) is 11.0. The summed E-state index contributed by atoms with van der Waals surface area (Å²) in [6.07, 6.45) is 1.69. The molecule has 0 fully saturated rings. The number of aromatic nitrogens is 3. The lowest BCUT2D eigenvalue weighted by molar-refractivity contribution is 0.0935. The SMILES string of the molecule is Cc1nnn2c1COCC(CNCc1ccco1)C2. The average Bonchev–Trinajstić information content (AvgIpc) is 2.97. The second kappa shape index (κ2) is 5.54. The van der Waals surface area contributed by atoms with Crippen LogP contribution in [-0.4, -0.2) is 28.1 Å². The van der Waals surface area contributed by atoms with E-state index in [0.29, 0.717) is 12.5 Å². The maximum absolute atomic E-state index is 5.70. The highest BCUT2D eigenvalue weighted by atomic mass is 16.5. The van der Waals surface area contributed by atoms with Crippen LogP contribution in [-0.2, 0) is 24.4 Å². The lowest BCUT2D eigenvalue weighted by Gasteiger charge is -2.14. The first-order valence-corrected chi connectivity index (χ1v) is 6.52. The van der Waals surface area contributed by atoms with Crippen LogP contribution in [0, 0.1) is 12.8 Å². The van der Waals surface area contributed by atoms with Crippen molar-refractivity contribution >= 4 is 0 Å². The van der Waals surface area contributed by atoms with Gasteiger partial charge in [-0.05, 0) is 19.1 Å². The molecular weight excluding hydrogens is 244 g/mol. The van der Waals surface area contributed by atoms with Crippen LogP contribution in [0.15, 0.2) is 22.8 Å². The Bertz CT molecular complexity index is 521. The largest absolute Gasteiger partial charge is 0.468 e. The topological polar surface area (TPSA) is 65.1 Å². The zero-order valence-corrected chi connectivity index (χ0v) is 11.0. The fraction of sp³-hybridized carbons (Fsp3) is 0.538. The Morgan fingerprint density at radius 2 is 2.47 bits per heavy atom. The Hall–Kier alpha value is -1.66. The minimum absolute atomic E-state index is 0.400. The summed E-state index contributed by atoms with van der Waals surface area (Å²) in [5, 5.41) is 11.6. The molecule has 2 aromatic rings. The highest BCUT2D eigenvalue weighted by Gasteiger charge is 2.19. The van der Waals surface area contributed by atoms with Gasteiger partial charge < -0.3 is 14.5 Å². The maximum atomic E-state index is 5.70. The number of nitrogens with one attached hydrogen (secondary N) is 1. The van der Waals surface area contributed by atoms with E-state index in [1.54, 1.807) is 6.26 Å². The van der Waals surface area contributed by atoms with E-state index in [-0.39, 0.29) is 0 Å². The maximum Gasteiger partial charge on any atom is 0.117 e. The quantitative estimate of drug-likeness (QED) is 0.894. The molecule has 3 heterocycles. The normalized spacial score (nSPS) is 19.1. The summed E-state index contributed by atoms with van der Waals surface area (Å²) in [7, 11) is 0. The summed E-state index contributed by atoms with van der Waals surface area (Å²) in [5.41, 5.74) is 2.05. The van der Waals surface area contributed by atoms with Crippen molar-refractivity contribution in [3.8, 4) is 0 Å². The van der Waals surface area contributed by atoms with Crippen LogP contribution >= 0.6 is 0 Å². The molecule has 0 aromatic carbocycles. The number of hydrogen-bond acceptors (Lipinski definition) is 5. The Balaban J connectivity index is 1.54. The van der Waals surface area contributed by atoms with E-state index in [1.165, 1.54) is 0 Å². The van der Waals surface area contributed by atoms with Gasteiger partial charge in [0.15, 0.2) is 0 Å². The molecule has 0 saturated heterocycles. The van der Waals surface area contributed by atoms with Crippen molar-refractivity contribution < 1.29 is 9.15 Å². The molecular formula is C13H18N4O2. The van der Waals surface area contributed by atoms with Crippen LogP contribution in [0.2, 0.25) is 0 Å². The molecule has 1 aliphatic rings. The van der Waals surface area contributed by atoms with Gasteiger partial charge in [0.1, 0.15) is 5.76 Å². The van der Waals surface area contributed by atoms with Crippen molar-refractivity contribution in [2.24, 2.45) is 5.92 Å². The van der Waals surface area contributed by atoms with Crippen molar-refractivity contribution in [2.75, 3.05) is 13.2 Å². The Kier molecular flexibility index (Phi) is 3.61. The predicted octanol–water partition coefficient (Wildman–Crippen LogP) is 1.12. The van der Waals surface area contributed by atoms with Gasteiger partial charge in [0, 0.05) is 19.0 Å². The van der Waals surface area contributed by atoms with Crippen LogP contribution in [0.3, 0.4) is 0 Å². The highest BCUT2D eigenvalue weighted by molar-refractivity contribution is 5.07. The number of rotatable bonds is 4. The van der Waals surface area contributed by atoms with Crippen LogP contribution in [0.5, 0.6) is 0 Å². The molecule has 1 atom stereocenters. The molecule has 6 heteroatoms. The standard InChI is InChI=1S/C13H18N4O2/c1-10-13-9-18-8-11(7-17(13)16-15-10)5-14-6-12-3-2-4-19-12/h2-4,11,14H,5-9H2,1H3. The van der Waals surface area contributed by atoms with Gasteiger partial charge in [0.05, 0.1) is 37.4 Å². The fourth-order valence-corrected chi connectivity index (χ4v) is 2.30. The molecule has 0 amide bonds. The lowest BCUT2D eigenvalue weighted by atomic mass is 10.1. The molecule has 0 aliphatic carbocycles. The van der Waals surface area contributed by atoms with E-state index in [4.69, 9.17) is 9.15 Å². The molecule has 1 aliphatic heterocycles. The lowest BCUT2D eigenvalue weighted by Crippen LogP contribution is -2.28. The summed E-state index contributed by atoms with van der Waals surface area (Å²) in [6.45, 7) is 5.78. The van der Waals surface area contributed by atoms with Crippen molar-refractivity contribution in [1.82, 2.24) is 20.3 Å². The van der Waals surface area contributed by atoms with Crippen LogP contribution < -0.4 is 5.32 Å². The third-order valence-corrected chi connectivity index (χ3v) is 3.37. The summed E-state index contributed by atoms with van der Waals surface area (Å²) < 4.78 is 12.9. The van der Waals surface area contributed by atoms with E-state index in [2.05, 4.69) is 15.6 Å². The number of hydrogen-bond donors (Lipinski definition) is 1. The monoisotopic (exact) mass is 262 g/mol. The van der Waals surface area contributed by atoms with Crippen LogP contribution in [0.25, 0.3) is 0 Å². The number of nitrogens with zero attached hydrogens (tertiary/aromatic N) is 3. The molecule has 3 rings (SSSR count). The van der Waals surface area contributed by atoms with Gasteiger partial charge in [-0.1, -0.05) is 5.21 Å². The molecule has 0 spiro atoms. The van der Waals surface area contributed by atoms with Gasteiger partial charge in [-0.3, -0.25) is 0 Å². The number of ether oxygens (including phenoxy) is 1. The Labute approximate surface area is 111 Å². The van der Waals surface area contributed by atoms with Gasteiger partial charge in [-0.15, -0.1) is 5.10 Å². The van der Waals surface area contributed by atoms with Crippen molar-refractivity contribution in [3.63, 3.8) is 0 Å². The highest BCUT2D eigenvalue weighted by Crippen LogP contribution is 2.14. The van der Waals surface area contributed by atoms with E-state index in [9.17, 15) is 0 Å². The van der Waals surface area contributed by atoms with E-state index >= 15 is 0 Å². The number of aryl methyl sites for hydroxylation is 1. The minimum Gasteiger partial charge on any atom is -0.468 e. The third-order valence-electron chi connectivity index (χ3n) is 3.37. The van der Waals surface area contributed by atoms with Crippen LogP contribution in [0.4, 0.5) is 0 Å². The predicted molar refractivity (Wildman–Crippen MR) is 68.3 cm³/mol. The third kappa shape index (κ3) is 2.85. The molecule has 0 bridgehead atoms. The van der Waals surface area contributed by atoms with E-state index < -0.39 is 0 Å². The first kappa shape index (κ1) is 12.4. The Morgan fingerprint density at radius 1 is 1.53 bits per heavy atom. The van der Waals surface area contributed by atoms with Crippen molar-refractivity contribution in [1.29, 1.82) is 0 Å². The zero-order chi connectivity index (χ0) is 13.1. The summed E-state index contributed by atoms with van der Waals surface area (Å²) in [6, 6.07) is 3.87. The molecule has 0 saturated carbocycles. The first-order valence-electron chi connectivity index (χ1n) is 6.52. The number of fused-ring (bicyclic) bond motifs is 1. The molecule has 2 aromatic heterocycles. The second-order valence-electron chi connectivity index (χ2n) is 4.90. The molecule has 6 nitrogen and oxygen atoms in total. The van der Waals surface area contributed by atoms with Gasteiger partial charge in [0.25, 0.3) is 0 Å². The van der Waals surface area contributed by atoms with Gasteiger partial charge >= 0.3 is 0 Å². The Morgan fingerprint density at radius 3 is 3.32 bits per heavy atom. The summed E-state index contributed by atoms with van der Waals surface area (Å²) >= 11 is 0. The van der Waals surface area contributed by atoms with E-state index in [0.717, 1.165) is 43.4 Å². The molecule has 19 heavy (non-hydrogen) atoms. The van der Waals surface area contributed by atoms with Gasteiger partial charge in [-0.25, -0.2) is 4.68 Å². The molecule has 102 valence electrons. The first-order chi connectivity index (χ1) is 9.33.